The minimum Gasteiger partial charge on any atom is -0.289 e. The van der Waals surface area contributed by atoms with E-state index in [1.165, 1.54) is 12.1 Å². The summed E-state index contributed by atoms with van der Waals surface area (Å²) in [6, 6.07) is 6.63. The van der Waals surface area contributed by atoms with Gasteiger partial charge >= 0.3 is 0 Å². The van der Waals surface area contributed by atoms with E-state index in [1.54, 1.807) is 37.3 Å². The molecule has 0 bridgehead atoms. The standard InChI is InChI=1S/C16H14N2O2S/c1-4-12-14(18(3)21-17-12)13-9(2)15(19)10-7-5-6-8-11(10)16(13)20/h4-8,14H,1H2,2-3H3. The molecule has 4 nitrogen and oxygen atoms in total. The van der Waals surface area contributed by atoms with Gasteiger partial charge in [-0.15, -0.1) is 0 Å². The fourth-order valence-corrected chi connectivity index (χ4v) is 3.43. The molecule has 0 radical (unpaired) electrons. The third-order valence-corrected chi connectivity index (χ3v) is 4.57. The summed E-state index contributed by atoms with van der Waals surface area (Å²) in [6.45, 7) is 5.46. The average Bonchev–Trinajstić information content (AvgIpc) is 2.86. The topological polar surface area (TPSA) is 49.7 Å². The Bertz CT molecular complexity index is 734. The van der Waals surface area contributed by atoms with Crippen LogP contribution in [0.5, 0.6) is 0 Å². The molecule has 0 fully saturated rings. The lowest BCUT2D eigenvalue weighted by atomic mass is 9.80. The first-order valence-electron chi connectivity index (χ1n) is 6.55. The number of ketones is 2. The highest BCUT2D eigenvalue weighted by molar-refractivity contribution is 7.96. The largest absolute Gasteiger partial charge is 0.289 e. The van der Waals surface area contributed by atoms with Gasteiger partial charge in [0.05, 0.1) is 23.9 Å². The van der Waals surface area contributed by atoms with Crippen molar-refractivity contribution >= 4 is 29.4 Å². The van der Waals surface area contributed by atoms with Crippen molar-refractivity contribution in [3.05, 3.63) is 59.2 Å². The van der Waals surface area contributed by atoms with Crippen LogP contribution >= 0.6 is 12.1 Å². The number of rotatable bonds is 2. The molecule has 1 aromatic rings. The number of carbonyl (C=O) groups is 2. The zero-order valence-corrected chi connectivity index (χ0v) is 12.6. The first kappa shape index (κ1) is 14.0. The second-order valence-corrected chi connectivity index (χ2v) is 5.91. The maximum Gasteiger partial charge on any atom is 0.192 e. The summed E-state index contributed by atoms with van der Waals surface area (Å²) < 4.78 is 6.16. The molecule has 0 aromatic heterocycles. The third-order valence-electron chi connectivity index (χ3n) is 3.81. The van der Waals surface area contributed by atoms with Crippen molar-refractivity contribution in [2.24, 2.45) is 4.40 Å². The Hall–Kier alpha value is -1.98. The number of hydrogen-bond donors (Lipinski definition) is 0. The van der Waals surface area contributed by atoms with E-state index < -0.39 is 0 Å². The summed E-state index contributed by atoms with van der Waals surface area (Å²) in [5, 5.41) is 0. The van der Waals surface area contributed by atoms with E-state index in [0.29, 0.717) is 28.0 Å². The molecule has 21 heavy (non-hydrogen) atoms. The number of benzene rings is 1. The minimum atomic E-state index is -0.322. The Balaban J connectivity index is 2.17. The first-order chi connectivity index (χ1) is 10.1. The van der Waals surface area contributed by atoms with Crippen LogP contribution in [-0.4, -0.2) is 34.7 Å². The number of likely N-dealkylation sites (N-methyl/N-ethyl adjacent to an activating group) is 1. The van der Waals surface area contributed by atoms with E-state index >= 15 is 0 Å². The Morgan fingerprint density at radius 3 is 2.48 bits per heavy atom. The molecule has 0 saturated carbocycles. The van der Waals surface area contributed by atoms with Gasteiger partial charge in [-0.25, -0.2) is 8.70 Å². The highest BCUT2D eigenvalue weighted by Crippen LogP contribution is 2.35. The van der Waals surface area contributed by atoms with Crippen molar-refractivity contribution in [1.82, 2.24) is 4.31 Å². The van der Waals surface area contributed by atoms with Crippen molar-refractivity contribution in [3.8, 4) is 0 Å². The lowest BCUT2D eigenvalue weighted by Gasteiger charge is -2.26. The van der Waals surface area contributed by atoms with Crippen LogP contribution in [0.2, 0.25) is 0 Å². The Kier molecular flexibility index (Phi) is 3.39. The summed E-state index contributed by atoms with van der Waals surface area (Å²) in [5.41, 5.74) is 2.65. The molecule has 1 heterocycles. The molecule has 0 spiro atoms. The quantitative estimate of drug-likeness (QED) is 0.788. The number of allylic oxidation sites excluding steroid dienone is 1. The number of Topliss-reactive ketones (excluding diaryl/α,β-unsaturated/α-hetero) is 2. The van der Waals surface area contributed by atoms with Gasteiger partial charge < -0.3 is 0 Å². The number of fused-ring (bicyclic) bond motifs is 1. The number of hydrogen-bond acceptors (Lipinski definition) is 5. The third kappa shape index (κ3) is 2.01. The lowest BCUT2D eigenvalue weighted by molar-refractivity contribution is 0.0968. The molecule has 1 aromatic carbocycles. The van der Waals surface area contributed by atoms with E-state index in [9.17, 15) is 9.59 Å². The van der Waals surface area contributed by atoms with Crippen molar-refractivity contribution < 1.29 is 9.59 Å². The zero-order valence-electron chi connectivity index (χ0n) is 11.8. The maximum atomic E-state index is 12.8. The SMILES string of the molecule is C=CC1=NSN(C)C1C1=C(C)C(=O)c2ccccc2C1=O. The molecular formula is C16H14N2O2S. The average molecular weight is 298 g/mol. The van der Waals surface area contributed by atoms with Gasteiger partial charge in [0.2, 0.25) is 0 Å². The predicted molar refractivity (Wildman–Crippen MR) is 84.6 cm³/mol. The Morgan fingerprint density at radius 2 is 1.86 bits per heavy atom. The monoisotopic (exact) mass is 298 g/mol. The molecule has 1 aliphatic heterocycles. The van der Waals surface area contributed by atoms with Gasteiger partial charge in [-0.2, -0.15) is 0 Å². The summed E-state index contributed by atoms with van der Waals surface area (Å²) >= 11 is 1.27. The molecule has 0 amide bonds. The van der Waals surface area contributed by atoms with E-state index in [4.69, 9.17) is 0 Å². The lowest BCUT2D eigenvalue weighted by Crippen LogP contribution is -2.37. The van der Waals surface area contributed by atoms with E-state index in [2.05, 4.69) is 11.0 Å². The van der Waals surface area contributed by atoms with Crippen molar-refractivity contribution in [3.63, 3.8) is 0 Å². The van der Waals surface area contributed by atoms with Gasteiger partial charge in [0.1, 0.15) is 0 Å². The van der Waals surface area contributed by atoms with Gasteiger partial charge in [0.25, 0.3) is 0 Å². The fourth-order valence-electron chi connectivity index (χ4n) is 2.72. The smallest absolute Gasteiger partial charge is 0.192 e. The van der Waals surface area contributed by atoms with Crippen LogP contribution in [0.3, 0.4) is 0 Å². The molecule has 5 heteroatoms. The van der Waals surface area contributed by atoms with E-state index in [1.807, 2.05) is 11.4 Å². The molecule has 1 unspecified atom stereocenters. The van der Waals surface area contributed by atoms with Gasteiger partial charge in [-0.05, 0) is 13.0 Å². The van der Waals surface area contributed by atoms with Gasteiger partial charge in [0.15, 0.2) is 11.6 Å². The summed E-state index contributed by atoms with van der Waals surface area (Å²) in [7, 11) is 1.86. The van der Waals surface area contributed by atoms with Crippen LogP contribution in [0.1, 0.15) is 27.6 Å². The van der Waals surface area contributed by atoms with Crippen LogP contribution in [0.4, 0.5) is 0 Å². The summed E-state index contributed by atoms with van der Waals surface area (Å²) in [4.78, 5) is 25.4. The molecular weight excluding hydrogens is 284 g/mol. The van der Waals surface area contributed by atoms with Crippen LogP contribution < -0.4 is 0 Å². The van der Waals surface area contributed by atoms with Gasteiger partial charge in [-0.1, -0.05) is 30.8 Å². The Morgan fingerprint density at radius 1 is 1.24 bits per heavy atom. The summed E-state index contributed by atoms with van der Waals surface area (Å²) in [5.74, 6) is -0.189. The second kappa shape index (κ2) is 5.09. The van der Waals surface area contributed by atoms with Gasteiger partial charge in [-0.3, -0.25) is 9.59 Å². The zero-order chi connectivity index (χ0) is 15.1. The summed E-state index contributed by atoms with van der Waals surface area (Å²) in [6.07, 6.45) is 1.64. The van der Waals surface area contributed by atoms with Crippen LogP contribution in [0.25, 0.3) is 0 Å². The second-order valence-electron chi connectivity index (χ2n) is 4.99. The molecule has 1 atom stereocenters. The van der Waals surface area contributed by atoms with E-state index in [-0.39, 0.29) is 17.6 Å². The van der Waals surface area contributed by atoms with Crippen molar-refractivity contribution in [2.75, 3.05) is 7.05 Å². The van der Waals surface area contributed by atoms with Crippen molar-refractivity contribution in [2.45, 2.75) is 13.0 Å². The van der Waals surface area contributed by atoms with Gasteiger partial charge in [0, 0.05) is 29.3 Å². The fraction of sp³-hybridized carbons (Fsp3) is 0.188. The highest BCUT2D eigenvalue weighted by atomic mass is 32.2. The van der Waals surface area contributed by atoms with Crippen LogP contribution in [0.15, 0.2) is 52.5 Å². The number of carbonyl (C=O) groups excluding carboxylic acids is 2. The Labute approximate surface area is 127 Å². The number of nitrogens with zero attached hydrogens (tertiary/aromatic N) is 2. The normalized spacial score (nSPS) is 22.4. The highest BCUT2D eigenvalue weighted by Gasteiger charge is 2.39. The molecule has 0 N–H and O–H groups in total. The van der Waals surface area contributed by atoms with Crippen LogP contribution in [-0.2, 0) is 0 Å². The van der Waals surface area contributed by atoms with Crippen LogP contribution in [0, 0.1) is 0 Å². The van der Waals surface area contributed by atoms with E-state index in [0.717, 1.165) is 0 Å². The minimum absolute atomic E-state index is 0.0890. The first-order valence-corrected chi connectivity index (χ1v) is 7.28. The molecule has 106 valence electrons. The molecule has 1 aliphatic carbocycles. The predicted octanol–water partition coefficient (Wildman–Crippen LogP) is 2.89. The molecule has 0 saturated heterocycles. The maximum absolute atomic E-state index is 12.8. The van der Waals surface area contributed by atoms with Crippen molar-refractivity contribution in [1.29, 1.82) is 0 Å². The molecule has 2 aliphatic rings. The molecule has 3 rings (SSSR count).